The van der Waals surface area contributed by atoms with E-state index in [1.54, 1.807) is 18.5 Å². The quantitative estimate of drug-likeness (QED) is 0.369. The molecule has 3 aromatic rings. The van der Waals surface area contributed by atoms with Gasteiger partial charge >= 0.3 is 6.18 Å². The monoisotopic (exact) mass is 576 g/mol. The Kier molecular flexibility index (Phi) is 6.92. The summed E-state index contributed by atoms with van der Waals surface area (Å²) in [6, 6.07) is 12.9. The van der Waals surface area contributed by atoms with Crippen molar-refractivity contribution < 1.29 is 18.0 Å². The number of halogens is 3. The Morgan fingerprint density at radius 2 is 1.95 bits per heavy atom. The lowest BCUT2D eigenvalue weighted by molar-refractivity contribution is -0.138. The molecule has 1 unspecified atom stereocenters. The lowest BCUT2D eigenvalue weighted by Crippen LogP contribution is -2.43. The first-order chi connectivity index (χ1) is 19.9. The van der Waals surface area contributed by atoms with E-state index in [2.05, 4.69) is 35.4 Å². The van der Waals surface area contributed by atoms with Crippen LogP contribution in [-0.4, -0.2) is 26.7 Å². The van der Waals surface area contributed by atoms with E-state index in [9.17, 15) is 23.2 Å². The van der Waals surface area contributed by atoms with Crippen LogP contribution in [0.25, 0.3) is 0 Å². The molecular formula is C32H35F3N6O. The Balaban J connectivity index is 1.29. The van der Waals surface area contributed by atoms with E-state index in [1.807, 2.05) is 29.8 Å². The normalized spacial score (nSPS) is 24.9. The van der Waals surface area contributed by atoms with Gasteiger partial charge in [0.1, 0.15) is 12.2 Å². The lowest BCUT2D eigenvalue weighted by atomic mass is 9.57. The van der Waals surface area contributed by atoms with E-state index in [-0.39, 0.29) is 47.0 Å². The molecular weight excluding hydrogens is 541 g/mol. The van der Waals surface area contributed by atoms with Gasteiger partial charge in [-0.2, -0.15) is 18.4 Å². The summed E-state index contributed by atoms with van der Waals surface area (Å²) in [6.07, 6.45) is 1.95. The molecule has 2 saturated carbocycles. The number of hydrogen-bond donors (Lipinski definition) is 1. The zero-order valence-electron chi connectivity index (χ0n) is 24.1. The van der Waals surface area contributed by atoms with Crippen LogP contribution in [0.4, 0.5) is 18.9 Å². The first kappa shape index (κ1) is 28.4. The van der Waals surface area contributed by atoms with Crippen molar-refractivity contribution in [2.45, 2.75) is 83.1 Å². The van der Waals surface area contributed by atoms with Crippen LogP contribution >= 0.6 is 0 Å². The Morgan fingerprint density at radius 3 is 2.60 bits per heavy atom. The summed E-state index contributed by atoms with van der Waals surface area (Å²) < 4.78 is 44.7. The van der Waals surface area contributed by atoms with Gasteiger partial charge < -0.3 is 14.8 Å². The molecule has 2 aromatic carbocycles. The number of rotatable bonds is 7. The van der Waals surface area contributed by atoms with E-state index in [4.69, 9.17) is 0 Å². The van der Waals surface area contributed by atoms with Gasteiger partial charge in [-0.15, -0.1) is 10.2 Å². The number of fused-ring (bicyclic) bond motifs is 1. The molecule has 0 saturated heterocycles. The molecule has 1 aliphatic heterocycles. The smallest absolute Gasteiger partial charge is 0.321 e. The minimum Gasteiger partial charge on any atom is -0.321 e. The highest BCUT2D eigenvalue weighted by Crippen LogP contribution is 2.50. The largest absolute Gasteiger partial charge is 0.416 e. The van der Waals surface area contributed by atoms with E-state index in [1.165, 1.54) is 11.0 Å². The highest BCUT2D eigenvalue weighted by atomic mass is 19.4. The number of hydrogen-bond acceptors (Lipinski definition) is 5. The first-order valence-corrected chi connectivity index (χ1v) is 14.5. The molecule has 2 heterocycles. The molecule has 0 bridgehead atoms. The number of nitrogens with zero attached hydrogens (tertiary/aromatic N) is 5. The highest BCUT2D eigenvalue weighted by molar-refractivity contribution is 6.10. The fourth-order valence-electron chi connectivity index (χ4n) is 7.13. The number of benzene rings is 2. The third-order valence-electron chi connectivity index (χ3n) is 9.50. The predicted octanol–water partition coefficient (Wildman–Crippen LogP) is 6.08. The Labute approximate surface area is 243 Å². The molecule has 0 spiro atoms. The lowest BCUT2D eigenvalue weighted by Gasteiger charge is -2.45. The van der Waals surface area contributed by atoms with Crippen LogP contribution in [0.1, 0.15) is 84.4 Å². The first-order valence-electron chi connectivity index (χ1n) is 14.5. The number of aryl methyl sites for hydroxylation is 1. The van der Waals surface area contributed by atoms with Gasteiger partial charge in [-0.1, -0.05) is 26.0 Å². The van der Waals surface area contributed by atoms with E-state index >= 15 is 0 Å². The number of amides is 1. The molecule has 1 aromatic heterocycles. The fourth-order valence-corrected chi connectivity index (χ4v) is 7.13. The van der Waals surface area contributed by atoms with Gasteiger partial charge in [0, 0.05) is 48.6 Å². The average molecular weight is 577 g/mol. The van der Waals surface area contributed by atoms with Gasteiger partial charge in [-0.05, 0) is 78.5 Å². The molecule has 42 heavy (non-hydrogen) atoms. The van der Waals surface area contributed by atoms with E-state index < -0.39 is 17.6 Å². The maximum absolute atomic E-state index is 14.3. The number of nitriles is 1. The van der Waals surface area contributed by atoms with Gasteiger partial charge in [0.15, 0.2) is 0 Å². The van der Waals surface area contributed by atoms with Crippen molar-refractivity contribution in [3.63, 3.8) is 0 Å². The summed E-state index contributed by atoms with van der Waals surface area (Å²) in [6.45, 7) is 4.55. The van der Waals surface area contributed by atoms with Gasteiger partial charge in [0.25, 0.3) is 5.91 Å². The van der Waals surface area contributed by atoms with Crippen molar-refractivity contribution in [3.05, 3.63) is 76.4 Å². The number of carbonyl (C=O) groups is 1. The molecule has 1 amide bonds. The summed E-state index contributed by atoms with van der Waals surface area (Å²) >= 11 is 0. The SMILES string of the molecule is Cn1cnnc1C[C@]1(c2cccc(N3Cc4c(cc(CNC5CCC(C)(C)C5)cc4C(F)(F)F)C3=O)c2)C[C@H](C#N)C1. The second kappa shape index (κ2) is 10.2. The van der Waals surface area contributed by atoms with Crippen molar-refractivity contribution in [2.75, 3.05) is 4.90 Å². The number of aromatic nitrogens is 3. The molecule has 1 N–H and O–H groups in total. The molecule has 220 valence electrons. The van der Waals surface area contributed by atoms with Gasteiger partial charge in [-0.25, -0.2) is 0 Å². The summed E-state index contributed by atoms with van der Waals surface area (Å²) in [7, 11) is 1.87. The topological polar surface area (TPSA) is 86.8 Å². The third-order valence-corrected chi connectivity index (χ3v) is 9.50. The average Bonchev–Trinajstić information content (AvgIpc) is 3.59. The van der Waals surface area contributed by atoms with Crippen molar-refractivity contribution in [1.29, 1.82) is 5.26 Å². The molecule has 10 heteroatoms. The van der Waals surface area contributed by atoms with Gasteiger partial charge in [-0.3, -0.25) is 4.79 Å². The van der Waals surface area contributed by atoms with Crippen LogP contribution in [0.15, 0.2) is 42.7 Å². The summed E-state index contributed by atoms with van der Waals surface area (Å²) in [5.41, 5.74) is 1.20. The minimum absolute atomic E-state index is 0.0191. The molecule has 7 nitrogen and oxygen atoms in total. The maximum Gasteiger partial charge on any atom is 0.416 e. The highest BCUT2D eigenvalue weighted by Gasteiger charge is 2.47. The number of carbonyl (C=O) groups excluding carboxylic acids is 1. The zero-order valence-corrected chi connectivity index (χ0v) is 24.1. The standard InChI is InChI=1S/C32H35F3N6O/c1-30(2)8-7-23(14-30)37-17-20-9-25-26(27(10-20)32(33,34)35)18-41(29(25)42)24-6-4-5-22(11-24)31(12-21(13-31)16-36)15-28-39-38-19-40(28)3/h4-6,9-11,19,21,23,37H,7-8,12-15,17-18H2,1-3H3/t21-,23?,31-. The molecule has 6 rings (SSSR count). The molecule has 0 radical (unpaired) electrons. The van der Waals surface area contributed by atoms with Crippen LogP contribution in [-0.2, 0) is 38.1 Å². The van der Waals surface area contributed by atoms with Crippen LogP contribution < -0.4 is 10.2 Å². The zero-order chi connectivity index (χ0) is 29.9. The summed E-state index contributed by atoms with van der Waals surface area (Å²) in [5, 5.41) is 21.2. The van der Waals surface area contributed by atoms with E-state index in [0.29, 0.717) is 30.5 Å². The Bertz CT molecular complexity index is 1560. The number of nitrogens with one attached hydrogen (secondary N) is 1. The van der Waals surface area contributed by atoms with Crippen LogP contribution in [0.5, 0.6) is 0 Å². The molecule has 2 aliphatic carbocycles. The van der Waals surface area contributed by atoms with Gasteiger partial charge in [0.2, 0.25) is 0 Å². The number of alkyl halides is 3. The maximum atomic E-state index is 14.3. The van der Waals surface area contributed by atoms with Crippen LogP contribution in [0.2, 0.25) is 0 Å². The second-order valence-electron chi connectivity index (χ2n) is 13.1. The van der Waals surface area contributed by atoms with Gasteiger partial charge in [0.05, 0.1) is 18.2 Å². The molecule has 2 fully saturated rings. The minimum atomic E-state index is -4.58. The third kappa shape index (κ3) is 5.19. The Hall–Kier alpha value is -3.71. The van der Waals surface area contributed by atoms with Crippen LogP contribution in [0.3, 0.4) is 0 Å². The summed E-state index contributed by atoms with van der Waals surface area (Å²) in [5.74, 6) is 0.275. The van der Waals surface area contributed by atoms with Crippen molar-refractivity contribution in [1.82, 2.24) is 20.1 Å². The number of anilines is 1. The predicted molar refractivity (Wildman–Crippen MR) is 151 cm³/mol. The molecule has 1 atom stereocenters. The van der Waals surface area contributed by atoms with Crippen molar-refractivity contribution >= 4 is 11.6 Å². The molecule has 3 aliphatic rings. The fraction of sp³-hybridized carbons (Fsp3) is 0.500. The second-order valence-corrected chi connectivity index (χ2v) is 13.1. The van der Waals surface area contributed by atoms with Crippen molar-refractivity contribution in [3.8, 4) is 6.07 Å². The van der Waals surface area contributed by atoms with E-state index in [0.717, 1.165) is 30.7 Å². The van der Waals surface area contributed by atoms with Crippen LogP contribution in [0, 0.1) is 22.7 Å². The van der Waals surface area contributed by atoms with Crippen molar-refractivity contribution in [2.24, 2.45) is 18.4 Å². The Morgan fingerprint density at radius 1 is 1.17 bits per heavy atom. The summed E-state index contributed by atoms with van der Waals surface area (Å²) in [4.78, 5) is 15.1.